The predicted molar refractivity (Wildman–Crippen MR) is 229 cm³/mol. The number of methoxy groups -OCH3 is 1. The van der Waals surface area contributed by atoms with Crippen molar-refractivity contribution in [2.24, 2.45) is 39.8 Å². The van der Waals surface area contributed by atoms with Gasteiger partial charge in [-0.05, 0) is 40.7 Å². The normalized spacial score (nSPS) is 19.8. The van der Waals surface area contributed by atoms with Gasteiger partial charge in [-0.15, -0.1) is 11.3 Å². The Morgan fingerprint density at radius 3 is 2.19 bits per heavy atom. The molecule has 1 fully saturated rings. The number of benzene rings is 1. The fraction of sp³-hybridized carbons (Fsp3) is 0.581. The number of esters is 1. The number of nitrogens with two attached hydrogens (primary N) is 1. The van der Waals surface area contributed by atoms with E-state index in [2.05, 4.69) is 31.2 Å². The number of amidine groups is 1. The van der Waals surface area contributed by atoms with Gasteiger partial charge in [0.15, 0.2) is 0 Å². The molecule has 3 rings (SSSR count). The first-order valence-corrected chi connectivity index (χ1v) is 21.0. The lowest BCUT2D eigenvalue weighted by Gasteiger charge is -2.35. The highest BCUT2D eigenvalue weighted by molar-refractivity contribution is 7.09. The molecule has 2 heterocycles. The number of nitrogens with zero attached hydrogens (tertiary/aromatic N) is 3. The molecule has 59 heavy (non-hydrogen) atoms. The van der Waals surface area contributed by atoms with E-state index in [-0.39, 0.29) is 41.8 Å². The molecule has 1 aromatic heterocycles. The van der Waals surface area contributed by atoms with E-state index in [1.165, 1.54) is 24.5 Å². The van der Waals surface area contributed by atoms with Gasteiger partial charge in [-0.3, -0.25) is 33.8 Å². The Morgan fingerprint density at radius 2 is 1.63 bits per heavy atom. The van der Waals surface area contributed by atoms with Crippen LogP contribution in [0, 0.1) is 29.1 Å². The topological polar surface area (TPSA) is 214 Å². The zero-order valence-electron chi connectivity index (χ0n) is 36.3. The second-order valence-corrected chi connectivity index (χ2v) is 18.0. The van der Waals surface area contributed by atoms with Crippen LogP contribution in [0.3, 0.4) is 0 Å². The lowest BCUT2D eigenvalue weighted by molar-refractivity contribution is -0.141. The minimum Gasteiger partial charge on any atom is -0.469 e. The SMILES string of the molecule is COC(=O)CC(NC(=O)C(NC(=O)CN=C(N)C1C(C)C(C)CN1C(=O)C(NC(=O)C(NC(=O)C=CC(C)C)C(C)(C)C)C(C)C)C(C)c1ccccc1)c1nccs1. The van der Waals surface area contributed by atoms with Crippen molar-refractivity contribution in [1.29, 1.82) is 0 Å². The Morgan fingerprint density at radius 1 is 0.966 bits per heavy atom. The molecular formula is C43H64N8O7S. The second kappa shape index (κ2) is 21.8. The van der Waals surface area contributed by atoms with Crippen LogP contribution in [0.5, 0.6) is 0 Å². The Kier molecular flexibility index (Phi) is 17.8. The number of carbonyl (C=O) groups is 6. The van der Waals surface area contributed by atoms with Crippen molar-refractivity contribution in [3.63, 3.8) is 0 Å². The summed E-state index contributed by atoms with van der Waals surface area (Å²) in [5.74, 6) is -3.64. The number of rotatable bonds is 18. The maximum absolute atomic E-state index is 14.4. The third-order valence-electron chi connectivity index (χ3n) is 10.6. The van der Waals surface area contributed by atoms with Crippen LogP contribution in [0.15, 0.2) is 59.1 Å². The van der Waals surface area contributed by atoms with Crippen LogP contribution >= 0.6 is 11.3 Å². The monoisotopic (exact) mass is 836 g/mol. The molecule has 324 valence electrons. The average Bonchev–Trinajstić information content (AvgIpc) is 3.83. The van der Waals surface area contributed by atoms with Crippen LogP contribution in [-0.4, -0.2) is 95.6 Å². The predicted octanol–water partition coefficient (Wildman–Crippen LogP) is 3.88. The summed E-state index contributed by atoms with van der Waals surface area (Å²) >= 11 is 1.28. The first kappa shape index (κ1) is 48.3. The van der Waals surface area contributed by atoms with Gasteiger partial charge < -0.3 is 36.6 Å². The molecule has 0 radical (unpaired) electrons. The molecule has 1 aliphatic rings. The molecule has 2 aromatic rings. The number of hydrogen-bond acceptors (Lipinski definition) is 10. The number of allylic oxidation sites excluding steroid dienone is 1. The zero-order valence-corrected chi connectivity index (χ0v) is 37.1. The highest BCUT2D eigenvalue weighted by atomic mass is 32.1. The Labute approximate surface area is 352 Å². The van der Waals surface area contributed by atoms with Crippen molar-refractivity contribution >= 4 is 52.7 Å². The third kappa shape index (κ3) is 13.7. The van der Waals surface area contributed by atoms with Gasteiger partial charge in [-0.2, -0.15) is 0 Å². The summed E-state index contributed by atoms with van der Waals surface area (Å²) < 4.78 is 4.86. The van der Waals surface area contributed by atoms with E-state index < -0.39 is 77.7 Å². The molecule has 1 aromatic carbocycles. The Hall–Kier alpha value is -5.12. The van der Waals surface area contributed by atoms with Crippen molar-refractivity contribution < 1.29 is 33.5 Å². The Bertz CT molecular complexity index is 1810. The molecule has 0 spiro atoms. The largest absolute Gasteiger partial charge is 0.469 e. The van der Waals surface area contributed by atoms with Crippen molar-refractivity contribution in [3.8, 4) is 0 Å². The molecule has 5 amide bonds. The first-order valence-electron chi connectivity index (χ1n) is 20.2. The summed E-state index contributed by atoms with van der Waals surface area (Å²) in [6.07, 6.45) is 4.57. The minimum atomic E-state index is -1.08. The summed E-state index contributed by atoms with van der Waals surface area (Å²) in [5.41, 5.74) is 6.75. The highest BCUT2D eigenvalue weighted by Crippen LogP contribution is 2.31. The van der Waals surface area contributed by atoms with Crippen molar-refractivity contribution in [1.82, 2.24) is 31.2 Å². The molecule has 1 aliphatic heterocycles. The molecule has 8 unspecified atom stereocenters. The van der Waals surface area contributed by atoms with Crippen LogP contribution < -0.4 is 27.0 Å². The number of thiazole rings is 1. The number of ether oxygens (including phenoxy) is 1. The van der Waals surface area contributed by atoms with Gasteiger partial charge in [0.25, 0.3) is 0 Å². The number of amides is 5. The lowest BCUT2D eigenvalue weighted by Crippen LogP contribution is -2.60. The number of aromatic nitrogens is 1. The third-order valence-corrected chi connectivity index (χ3v) is 11.5. The summed E-state index contributed by atoms with van der Waals surface area (Å²) in [7, 11) is 1.26. The molecule has 0 bridgehead atoms. The van der Waals surface area contributed by atoms with E-state index in [1.807, 2.05) is 99.6 Å². The molecule has 16 heteroatoms. The number of likely N-dealkylation sites (tertiary alicyclic amines) is 1. The van der Waals surface area contributed by atoms with Crippen LogP contribution in [0.4, 0.5) is 0 Å². The highest BCUT2D eigenvalue weighted by Gasteiger charge is 2.45. The summed E-state index contributed by atoms with van der Waals surface area (Å²) in [6, 6.07) is 4.81. The van der Waals surface area contributed by atoms with Gasteiger partial charge in [0.1, 0.15) is 35.5 Å². The first-order chi connectivity index (χ1) is 27.7. The number of hydrogen-bond donors (Lipinski definition) is 5. The van der Waals surface area contributed by atoms with Crippen LogP contribution in [-0.2, 0) is 33.5 Å². The number of carbonyl (C=O) groups excluding carboxylic acids is 6. The van der Waals surface area contributed by atoms with Crippen LogP contribution in [0.2, 0.25) is 0 Å². The van der Waals surface area contributed by atoms with E-state index in [9.17, 15) is 28.8 Å². The van der Waals surface area contributed by atoms with Gasteiger partial charge in [0.05, 0.1) is 25.6 Å². The van der Waals surface area contributed by atoms with E-state index in [1.54, 1.807) is 22.6 Å². The van der Waals surface area contributed by atoms with Gasteiger partial charge in [0, 0.05) is 24.0 Å². The molecule has 1 saturated heterocycles. The zero-order chi connectivity index (χ0) is 44.2. The van der Waals surface area contributed by atoms with Crippen LogP contribution in [0.25, 0.3) is 0 Å². The number of aliphatic imine (C=N–C) groups is 1. The quantitative estimate of drug-likeness (QED) is 0.0637. The molecular weight excluding hydrogens is 773 g/mol. The minimum absolute atomic E-state index is 0.0139. The summed E-state index contributed by atoms with van der Waals surface area (Å²) in [5, 5.41) is 13.7. The molecule has 8 atom stereocenters. The molecule has 15 nitrogen and oxygen atoms in total. The molecule has 0 saturated carbocycles. The average molecular weight is 837 g/mol. The van der Waals surface area contributed by atoms with Crippen LogP contribution in [0.1, 0.15) is 98.2 Å². The molecule has 6 N–H and O–H groups in total. The smallest absolute Gasteiger partial charge is 0.308 e. The number of nitrogens with one attached hydrogen (secondary N) is 4. The van der Waals surface area contributed by atoms with Gasteiger partial charge in [-0.1, -0.05) is 106 Å². The van der Waals surface area contributed by atoms with Gasteiger partial charge >= 0.3 is 5.97 Å². The van der Waals surface area contributed by atoms with Gasteiger partial charge in [-0.25, -0.2) is 4.98 Å². The van der Waals surface area contributed by atoms with E-state index >= 15 is 0 Å². The van der Waals surface area contributed by atoms with E-state index in [0.29, 0.717) is 11.6 Å². The van der Waals surface area contributed by atoms with Crippen molar-refractivity contribution in [2.75, 3.05) is 20.2 Å². The van der Waals surface area contributed by atoms with Crippen molar-refractivity contribution in [3.05, 3.63) is 64.6 Å². The fourth-order valence-corrected chi connectivity index (χ4v) is 7.57. The summed E-state index contributed by atoms with van der Waals surface area (Å²) in [6.45, 7) is 18.7. The van der Waals surface area contributed by atoms with Crippen molar-refractivity contribution in [2.45, 2.75) is 112 Å². The Balaban J connectivity index is 1.84. The van der Waals surface area contributed by atoms with Gasteiger partial charge in [0.2, 0.25) is 29.5 Å². The summed E-state index contributed by atoms with van der Waals surface area (Å²) in [4.78, 5) is 91.1. The molecule has 0 aliphatic carbocycles. The van der Waals surface area contributed by atoms with E-state index in [4.69, 9.17) is 10.5 Å². The maximum atomic E-state index is 14.4. The second-order valence-electron chi connectivity index (χ2n) is 17.1. The fourth-order valence-electron chi connectivity index (χ4n) is 6.88. The maximum Gasteiger partial charge on any atom is 0.308 e. The lowest BCUT2D eigenvalue weighted by atomic mass is 9.85. The van der Waals surface area contributed by atoms with E-state index in [0.717, 1.165) is 5.56 Å². The standard InChI is InChI=1S/C43H64N8O7S/c1-24(2)17-18-31(52)49-37(43(8,9)10)40(56)50-34(25(3)4)42(57)51-23-26(5)27(6)36(51)38(44)46-22-32(53)48-35(28(7)29-15-13-12-14-16-29)39(55)47-30(21-33(54)58-11)41-45-19-20-59-41/h12-20,24-28,30,34-37H,21-23H2,1-11H3,(H2,44,46)(H,47,55)(H,48,53)(H,49,52)(H,50,56).